The Bertz CT molecular complexity index is 1200. The lowest BCUT2D eigenvalue weighted by molar-refractivity contribution is 0.151. The van der Waals surface area contributed by atoms with E-state index >= 15 is 0 Å². The Morgan fingerprint density at radius 3 is 2.66 bits per heavy atom. The molecule has 3 rings (SSSR count). The summed E-state index contributed by atoms with van der Waals surface area (Å²) in [6.07, 6.45) is -1.31. The maximum absolute atomic E-state index is 13.1. The van der Waals surface area contributed by atoms with E-state index in [9.17, 15) is 13.0 Å². The Hall–Kier alpha value is -2.88. The number of oxime groups is 1. The number of nitrogens with one attached hydrogen (secondary N) is 1. The van der Waals surface area contributed by atoms with Crippen LogP contribution in [0, 0.1) is 4.78 Å². The van der Waals surface area contributed by atoms with Gasteiger partial charge in [0.15, 0.2) is 5.82 Å². The molecule has 10 heteroatoms. The van der Waals surface area contributed by atoms with Crippen molar-refractivity contribution >= 4 is 26.5 Å². The molecule has 1 N–H and O–H groups in total. The summed E-state index contributed by atoms with van der Waals surface area (Å²) >= 11 is 0. The number of imidazole rings is 1. The normalized spacial score (nSPS) is 14.4. The van der Waals surface area contributed by atoms with E-state index in [1.165, 1.54) is 18.4 Å². The number of pyridine rings is 1. The van der Waals surface area contributed by atoms with Crippen LogP contribution in [0.4, 0.5) is 8.78 Å². The third-order valence-electron chi connectivity index (χ3n) is 4.35. The number of hydrogen-bond donors (Lipinski definition) is 1. The highest BCUT2D eigenvalue weighted by Crippen LogP contribution is 2.30. The molecule has 1 unspecified atom stereocenters. The van der Waals surface area contributed by atoms with Crippen LogP contribution in [0.5, 0.6) is 0 Å². The molecule has 154 valence electrons. The number of fused-ring (bicyclic) bond motifs is 1. The van der Waals surface area contributed by atoms with Gasteiger partial charge in [0.2, 0.25) is 0 Å². The molecule has 0 aliphatic carbocycles. The zero-order chi connectivity index (χ0) is 21.3. The van der Waals surface area contributed by atoms with Gasteiger partial charge in [0.1, 0.15) is 18.0 Å². The summed E-state index contributed by atoms with van der Waals surface area (Å²) in [5.41, 5.74) is 2.07. The van der Waals surface area contributed by atoms with Crippen LogP contribution in [0.25, 0.3) is 22.6 Å². The fourth-order valence-corrected chi connectivity index (χ4v) is 3.73. The highest BCUT2D eigenvalue weighted by atomic mass is 32.2. The average molecular weight is 421 g/mol. The topological polar surface area (TPSA) is 93.2 Å². The first-order chi connectivity index (χ1) is 13.6. The van der Waals surface area contributed by atoms with E-state index < -0.39 is 16.2 Å². The van der Waals surface area contributed by atoms with Crippen LogP contribution < -0.4 is 0 Å². The van der Waals surface area contributed by atoms with Crippen LogP contribution in [-0.4, -0.2) is 37.3 Å². The fourth-order valence-electron chi connectivity index (χ4n) is 2.89. The molecule has 2 aromatic heterocycles. The summed E-state index contributed by atoms with van der Waals surface area (Å²) in [6, 6.07) is 7.39. The smallest absolute Gasteiger partial charge is 0.263 e. The van der Waals surface area contributed by atoms with E-state index in [0.717, 1.165) is 0 Å². The van der Waals surface area contributed by atoms with Crippen LogP contribution in [0.1, 0.15) is 31.5 Å². The van der Waals surface area contributed by atoms with Crippen molar-refractivity contribution in [3.63, 3.8) is 0 Å². The van der Waals surface area contributed by atoms with Crippen LogP contribution in [0.15, 0.2) is 40.4 Å². The number of halogens is 2. The SMILES string of the molecule is CCON=C(C)c1ccc(S(C)(=N)=O)c(-c2nc3cc(C(F)F)ccc3n2C)n1. The molecule has 0 saturated carbocycles. The minimum Gasteiger partial charge on any atom is -0.396 e. The number of aryl methyl sites for hydroxylation is 1. The lowest BCUT2D eigenvalue weighted by atomic mass is 10.2. The second-order valence-electron chi connectivity index (χ2n) is 6.52. The summed E-state index contributed by atoms with van der Waals surface area (Å²) in [5, 5.41) is 3.96. The Balaban J connectivity index is 2.26. The van der Waals surface area contributed by atoms with Crippen molar-refractivity contribution in [3.05, 3.63) is 41.6 Å². The zero-order valence-corrected chi connectivity index (χ0v) is 17.3. The van der Waals surface area contributed by atoms with Gasteiger partial charge in [-0.2, -0.15) is 0 Å². The molecule has 1 atom stereocenters. The summed E-state index contributed by atoms with van der Waals surface area (Å²) in [4.78, 5) is 14.3. The van der Waals surface area contributed by atoms with Crippen LogP contribution in [0.3, 0.4) is 0 Å². The molecule has 7 nitrogen and oxygen atoms in total. The summed E-state index contributed by atoms with van der Waals surface area (Å²) < 4.78 is 48.4. The van der Waals surface area contributed by atoms with Gasteiger partial charge in [-0.3, -0.25) is 0 Å². The molecule has 29 heavy (non-hydrogen) atoms. The first-order valence-electron chi connectivity index (χ1n) is 8.80. The molecule has 0 amide bonds. The Kier molecular flexibility index (Phi) is 5.65. The standard InChI is InChI=1S/C19H21F2N5O2S/c1-5-28-25-11(2)13-7-9-16(29(4,22)27)17(23-13)19-24-14-10-12(18(20)21)6-8-15(14)26(19)3/h6-10,18,22H,5H2,1-4H3. The van der Waals surface area contributed by atoms with Gasteiger partial charge in [-0.15, -0.1) is 0 Å². The minimum atomic E-state index is -3.12. The number of nitrogens with zero attached hydrogens (tertiary/aromatic N) is 4. The summed E-state index contributed by atoms with van der Waals surface area (Å²) in [7, 11) is -1.41. The van der Waals surface area contributed by atoms with Gasteiger partial charge in [-0.1, -0.05) is 11.2 Å². The third kappa shape index (κ3) is 4.12. The number of rotatable bonds is 6. The summed E-state index contributed by atoms with van der Waals surface area (Å²) in [5.74, 6) is 0.328. The zero-order valence-electron chi connectivity index (χ0n) is 16.4. The van der Waals surface area contributed by atoms with Crippen molar-refractivity contribution in [3.8, 4) is 11.5 Å². The Morgan fingerprint density at radius 2 is 2.03 bits per heavy atom. The second-order valence-corrected chi connectivity index (χ2v) is 8.65. The molecule has 0 radical (unpaired) electrons. The monoisotopic (exact) mass is 421 g/mol. The molecule has 0 fully saturated rings. The van der Waals surface area contributed by atoms with Gasteiger partial charge in [0.05, 0.1) is 31.4 Å². The number of aromatic nitrogens is 3. The molecule has 0 aliphatic heterocycles. The predicted molar refractivity (Wildman–Crippen MR) is 108 cm³/mol. The molecular formula is C19H21F2N5O2S. The Morgan fingerprint density at radius 1 is 1.31 bits per heavy atom. The van der Waals surface area contributed by atoms with Crippen molar-refractivity contribution in [2.24, 2.45) is 12.2 Å². The highest BCUT2D eigenvalue weighted by Gasteiger charge is 2.21. The maximum Gasteiger partial charge on any atom is 0.263 e. The molecule has 3 aromatic rings. The third-order valence-corrected chi connectivity index (χ3v) is 5.52. The highest BCUT2D eigenvalue weighted by molar-refractivity contribution is 7.91. The van der Waals surface area contributed by atoms with Crippen molar-refractivity contribution in [2.75, 3.05) is 12.9 Å². The van der Waals surface area contributed by atoms with Gasteiger partial charge in [-0.25, -0.2) is 27.7 Å². The molecule has 0 bridgehead atoms. The van der Waals surface area contributed by atoms with E-state index in [-0.39, 0.29) is 16.2 Å². The molecule has 2 heterocycles. The van der Waals surface area contributed by atoms with Gasteiger partial charge >= 0.3 is 0 Å². The molecule has 0 spiro atoms. The van der Waals surface area contributed by atoms with Crippen molar-refractivity contribution in [1.82, 2.24) is 14.5 Å². The lowest BCUT2D eigenvalue weighted by Gasteiger charge is -2.11. The van der Waals surface area contributed by atoms with E-state index in [4.69, 9.17) is 9.62 Å². The Labute approximate surface area is 167 Å². The largest absolute Gasteiger partial charge is 0.396 e. The first kappa shape index (κ1) is 20.8. The van der Waals surface area contributed by atoms with Gasteiger partial charge < -0.3 is 9.40 Å². The number of alkyl halides is 2. The first-order valence-corrected chi connectivity index (χ1v) is 10.8. The number of hydrogen-bond acceptors (Lipinski definition) is 6. The minimum absolute atomic E-state index is 0.136. The van der Waals surface area contributed by atoms with Crippen molar-refractivity contribution in [1.29, 1.82) is 4.78 Å². The van der Waals surface area contributed by atoms with Gasteiger partial charge in [0.25, 0.3) is 6.43 Å². The predicted octanol–water partition coefficient (Wildman–Crippen LogP) is 4.37. The summed E-state index contributed by atoms with van der Waals surface area (Å²) in [6.45, 7) is 3.92. The number of benzene rings is 1. The van der Waals surface area contributed by atoms with Crippen LogP contribution in [-0.2, 0) is 21.6 Å². The van der Waals surface area contributed by atoms with Crippen molar-refractivity contribution < 1.29 is 17.8 Å². The maximum atomic E-state index is 13.1. The second kappa shape index (κ2) is 7.86. The molecule has 1 aromatic carbocycles. The average Bonchev–Trinajstić information content (AvgIpc) is 3.00. The van der Waals surface area contributed by atoms with Crippen LogP contribution >= 0.6 is 0 Å². The molecule has 0 aliphatic rings. The fraction of sp³-hybridized carbons (Fsp3) is 0.316. The molecular weight excluding hydrogens is 400 g/mol. The van der Waals surface area contributed by atoms with Crippen LogP contribution in [0.2, 0.25) is 0 Å². The van der Waals surface area contributed by atoms with E-state index in [0.29, 0.717) is 34.9 Å². The van der Waals surface area contributed by atoms with Gasteiger partial charge in [-0.05, 0) is 38.1 Å². The van der Waals surface area contributed by atoms with Gasteiger partial charge in [0, 0.05) is 18.9 Å². The molecule has 0 saturated heterocycles. The quantitative estimate of drug-likeness (QED) is 0.472. The lowest BCUT2D eigenvalue weighted by Crippen LogP contribution is -2.08. The van der Waals surface area contributed by atoms with E-state index in [1.807, 2.05) is 0 Å². The van der Waals surface area contributed by atoms with E-state index in [2.05, 4.69) is 15.1 Å². The van der Waals surface area contributed by atoms with Crippen molar-refractivity contribution in [2.45, 2.75) is 25.2 Å². The van der Waals surface area contributed by atoms with E-state index in [1.54, 1.807) is 43.7 Å².